The van der Waals surface area contributed by atoms with Crippen LogP contribution in [-0.2, 0) is 11.2 Å². The van der Waals surface area contributed by atoms with Crippen LogP contribution in [0.5, 0.6) is 0 Å². The standard InChI is InChI=1S/C28H36N4O2S/c29-17-7-6-13-24(27(34)28-31-23-12-4-5-14-25(23)35-28)30-19-22-11-8-18-32(20-22)26(33)16-15-21-9-2-1-3-10-21/h1-5,9-10,12,14,22,24,30H,6-8,11,13,15-20,29H2/t22-,24-/m0/s1. The van der Waals surface area contributed by atoms with Crippen molar-refractivity contribution in [3.63, 3.8) is 0 Å². The molecule has 2 atom stereocenters. The van der Waals surface area contributed by atoms with Gasteiger partial charge in [-0.1, -0.05) is 48.9 Å². The predicted molar refractivity (Wildman–Crippen MR) is 143 cm³/mol. The van der Waals surface area contributed by atoms with E-state index in [9.17, 15) is 9.59 Å². The molecule has 3 aromatic rings. The van der Waals surface area contributed by atoms with Crippen LogP contribution in [0.3, 0.4) is 0 Å². The first kappa shape index (κ1) is 25.5. The number of carbonyl (C=O) groups is 2. The summed E-state index contributed by atoms with van der Waals surface area (Å²) in [5, 5.41) is 4.11. The van der Waals surface area contributed by atoms with Gasteiger partial charge in [-0.25, -0.2) is 4.98 Å². The summed E-state index contributed by atoms with van der Waals surface area (Å²) >= 11 is 1.46. The number of nitrogens with zero attached hydrogens (tertiary/aromatic N) is 2. The van der Waals surface area contributed by atoms with Crippen LogP contribution < -0.4 is 11.1 Å². The van der Waals surface area contributed by atoms with Crippen molar-refractivity contribution in [2.75, 3.05) is 26.2 Å². The zero-order valence-electron chi connectivity index (χ0n) is 20.3. The van der Waals surface area contributed by atoms with Gasteiger partial charge in [0.25, 0.3) is 0 Å². The zero-order valence-corrected chi connectivity index (χ0v) is 21.1. The number of nitrogens with one attached hydrogen (secondary N) is 1. The summed E-state index contributed by atoms with van der Waals surface area (Å²) in [4.78, 5) is 32.8. The topological polar surface area (TPSA) is 88.3 Å². The summed E-state index contributed by atoms with van der Waals surface area (Å²) in [6.07, 6.45) is 5.95. The van der Waals surface area contributed by atoms with Crippen LogP contribution in [0.15, 0.2) is 54.6 Å². The number of thiazole rings is 1. The number of nitrogens with two attached hydrogens (primary N) is 1. The lowest BCUT2D eigenvalue weighted by Gasteiger charge is -2.33. The molecule has 1 aliphatic rings. The third-order valence-electron chi connectivity index (χ3n) is 6.76. The first-order chi connectivity index (χ1) is 17.1. The number of piperidine rings is 1. The minimum Gasteiger partial charge on any atom is -0.342 e. The van der Waals surface area contributed by atoms with Gasteiger partial charge in [0.1, 0.15) is 0 Å². The van der Waals surface area contributed by atoms with E-state index in [1.54, 1.807) is 0 Å². The smallest absolute Gasteiger partial charge is 0.222 e. The molecule has 2 aromatic carbocycles. The minimum atomic E-state index is -0.272. The predicted octanol–water partition coefficient (Wildman–Crippen LogP) is 4.44. The summed E-state index contributed by atoms with van der Waals surface area (Å²) in [6, 6.07) is 17.8. The molecule has 0 unspecified atom stereocenters. The lowest BCUT2D eigenvalue weighted by Crippen LogP contribution is -2.46. The molecule has 1 fully saturated rings. The summed E-state index contributed by atoms with van der Waals surface area (Å²) in [5.41, 5.74) is 7.77. The number of para-hydroxylation sites is 1. The number of ketones is 1. The van der Waals surface area contributed by atoms with Gasteiger partial charge < -0.3 is 16.0 Å². The van der Waals surface area contributed by atoms with Crippen molar-refractivity contribution in [1.82, 2.24) is 15.2 Å². The summed E-state index contributed by atoms with van der Waals surface area (Å²) < 4.78 is 1.04. The van der Waals surface area contributed by atoms with Crippen molar-refractivity contribution in [1.29, 1.82) is 0 Å². The molecule has 6 nitrogen and oxygen atoms in total. The van der Waals surface area contributed by atoms with Crippen LogP contribution in [0.4, 0.5) is 0 Å². The van der Waals surface area contributed by atoms with E-state index >= 15 is 0 Å². The Morgan fingerprint density at radius 2 is 1.91 bits per heavy atom. The van der Waals surface area contributed by atoms with E-state index in [1.165, 1.54) is 16.9 Å². The van der Waals surface area contributed by atoms with Gasteiger partial charge in [-0.3, -0.25) is 9.59 Å². The van der Waals surface area contributed by atoms with Gasteiger partial charge in [-0.2, -0.15) is 0 Å². The Morgan fingerprint density at radius 3 is 2.71 bits per heavy atom. The fourth-order valence-electron chi connectivity index (χ4n) is 4.77. The molecule has 1 amide bonds. The zero-order chi connectivity index (χ0) is 24.5. The Hall–Kier alpha value is -2.61. The number of carbonyl (C=O) groups excluding carboxylic acids is 2. The lowest BCUT2D eigenvalue weighted by atomic mass is 9.96. The number of unbranched alkanes of at least 4 members (excludes halogenated alkanes) is 1. The molecule has 1 saturated heterocycles. The van der Waals surface area contributed by atoms with Crippen LogP contribution in [0.1, 0.15) is 53.9 Å². The maximum Gasteiger partial charge on any atom is 0.222 e. The maximum absolute atomic E-state index is 13.4. The molecular weight excluding hydrogens is 456 g/mol. The number of likely N-dealkylation sites (tertiary alicyclic amines) is 1. The first-order valence-electron chi connectivity index (χ1n) is 12.8. The van der Waals surface area contributed by atoms with E-state index in [0.717, 1.165) is 68.4 Å². The maximum atomic E-state index is 13.4. The van der Waals surface area contributed by atoms with E-state index < -0.39 is 0 Å². The van der Waals surface area contributed by atoms with E-state index in [2.05, 4.69) is 22.4 Å². The van der Waals surface area contributed by atoms with Gasteiger partial charge in [0.2, 0.25) is 11.7 Å². The largest absolute Gasteiger partial charge is 0.342 e. The van der Waals surface area contributed by atoms with Gasteiger partial charge in [-0.15, -0.1) is 11.3 Å². The number of aromatic nitrogens is 1. The Kier molecular flexibility index (Phi) is 9.40. The van der Waals surface area contributed by atoms with Crippen LogP contribution in [-0.4, -0.2) is 53.8 Å². The molecule has 2 heterocycles. The number of hydrogen-bond donors (Lipinski definition) is 2. The lowest BCUT2D eigenvalue weighted by molar-refractivity contribution is -0.132. The SMILES string of the molecule is NCCCC[C@H](NC[C@@H]1CCCN(C(=O)CCc2ccccc2)C1)C(=O)c1nc2ccccc2s1. The quantitative estimate of drug-likeness (QED) is 0.288. The summed E-state index contributed by atoms with van der Waals surface area (Å²) in [7, 11) is 0. The third-order valence-corrected chi connectivity index (χ3v) is 7.81. The summed E-state index contributed by atoms with van der Waals surface area (Å²) in [5.74, 6) is 0.642. The van der Waals surface area contributed by atoms with E-state index in [0.29, 0.717) is 23.9 Å². The third kappa shape index (κ3) is 7.19. The van der Waals surface area contributed by atoms with Crippen molar-refractivity contribution in [3.05, 3.63) is 65.2 Å². The molecule has 7 heteroatoms. The number of Topliss-reactive ketones (excluding diaryl/α,β-unsaturated/α-hetero) is 1. The van der Waals surface area contributed by atoms with Crippen molar-refractivity contribution in [2.24, 2.45) is 11.7 Å². The van der Waals surface area contributed by atoms with Gasteiger partial charge in [0, 0.05) is 26.1 Å². The fraction of sp³-hybridized carbons (Fsp3) is 0.464. The van der Waals surface area contributed by atoms with Crippen molar-refractivity contribution in [2.45, 2.75) is 51.0 Å². The second-order valence-corrected chi connectivity index (χ2v) is 10.5. The highest BCUT2D eigenvalue weighted by molar-refractivity contribution is 7.20. The van der Waals surface area contributed by atoms with Gasteiger partial charge in [0.05, 0.1) is 16.3 Å². The van der Waals surface area contributed by atoms with Crippen molar-refractivity contribution in [3.8, 4) is 0 Å². The Balaban J connectivity index is 1.33. The molecule has 1 aliphatic heterocycles. The number of rotatable bonds is 12. The first-order valence-corrected chi connectivity index (χ1v) is 13.6. The fourth-order valence-corrected chi connectivity index (χ4v) is 5.73. The van der Waals surface area contributed by atoms with Crippen LogP contribution >= 0.6 is 11.3 Å². The summed E-state index contributed by atoms with van der Waals surface area (Å²) in [6.45, 7) is 2.94. The van der Waals surface area contributed by atoms with Gasteiger partial charge in [-0.05, 0) is 62.3 Å². The molecular formula is C28H36N4O2S. The Morgan fingerprint density at radius 1 is 1.11 bits per heavy atom. The highest BCUT2D eigenvalue weighted by Gasteiger charge is 2.27. The molecule has 35 heavy (non-hydrogen) atoms. The normalized spacial score (nSPS) is 16.9. The van der Waals surface area contributed by atoms with Crippen LogP contribution in [0.2, 0.25) is 0 Å². The van der Waals surface area contributed by atoms with Crippen molar-refractivity contribution >= 4 is 33.2 Å². The number of amides is 1. The minimum absolute atomic E-state index is 0.0647. The monoisotopic (exact) mass is 492 g/mol. The molecule has 0 bridgehead atoms. The second-order valence-electron chi connectivity index (χ2n) is 9.43. The van der Waals surface area contributed by atoms with Gasteiger partial charge >= 0.3 is 0 Å². The van der Waals surface area contributed by atoms with Crippen molar-refractivity contribution < 1.29 is 9.59 Å². The molecule has 1 aromatic heterocycles. The van der Waals surface area contributed by atoms with E-state index in [1.807, 2.05) is 47.4 Å². The molecule has 0 spiro atoms. The number of benzene rings is 2. The Bertz CT molecular complexity index is 1070. The second kappa shape index (κ2) is 12.9. The highest BCUT2D eigenvalue weighted by atomic mass is 32.1. The molecule has 4 rings (SSSR count). The number of fused-ring (bicyclic) bond motifs is 1. The number of aryl methyl sites for hydroxylation is 1. The molecule has 0 radical (unpaired) electrons. The molecule has 0 aliphatic carbocycles. The Labute approximate surface area is 211 Å². The highest BCUT2D eigenvalue weighted by Crippen LogP contribution is 2.24. The van der Waals surface area contributed by atoms with Crippen LogP contribution in [0, 0.1) is 5.92 Å². The molecule has 186 valence electrons. The molecule has 3 N–H and O–H groups in total. The number of hydrogen-bond acceptors (Lipinski definition) is 6. The average molecular weight is 493 g/mol. The van der Waals surface area contributed by atoms with Crippen LogP contribution in [0.25, 0.3) is 10.2 Å². The average Bonchev–Trinajstić information content (AvgIpc) is 3.34. The van der Waals surface area contributed by atoms with Gasteiger partial charge in [0.15, 0.2) is 5.01 Å². The molecule has 0 saturated carbocycles. The van der Waals surface area contributed by atoms with E-state index in [-0.39, 0.29) is 17.7 Å². The van der Waals surface area contributed by atoms with E-state index in [4.69, 9.17) is 5.73 Å².